The van der Waals surface area contributed by atoms with E-state index in [-0.39, 0.29) is 0 Å². The molecule has 0 aliphatic rings. The van der Waals surface area contributed by atoms with Crippen LogP contribution in [0.4, 0.5) is 5.69 Å². The molecule has 2 aromatic carbocycles. The van der Waals surface area contributed by atoms with Gasteiger partial charge >= 0.3 is 0 Å². The molecular formula is C18H25NO3. The van der Waals surface area contributed by atoms with Gasteiger partial charge in [0.2, 0.25) is 6.41 Å². The van der Waals surface area contributed by atoms with Gasteiger partial charge in [-0.25, -0.2) is 0 Å². The van der Waals surface area contributed by atoms with Gasteiger partial charge < -0.3 is 19.9 Å². The molecule has 22 heavy (non-hydrogen) atoms. The summed E-state index contributed by atoms with van der Waals surface area (Å²) in [5.74, 6) is 0. The Bertz CT molecular complexity index is 594. The van der Waals surface area contributed by atoms with Gasteiger partial charge in [0.15, 0.2) is 0 Å². The van der Waals surface area contributed by atoms with Gasteiger partial charge in [-0.2, -0.15) is 0 Å². The lowest BCUT2D eigenvalue weighted by molar-refractivity contribution is -0.116. The van der Waals surface area contributed by atoms with Gasteiger partial charge in [0, 0.05) is 24.2 Å². The van der Waals surface area contributed by atoms with Crippen LogP contribution in [0.25, 0.3) is 10.8 Å². The monoisotopic (exact) mass is 303 g/mol. The normalized spacial score (nSPS) is 12.8. The first-order chi connectivity index (χ1) is 10.7. The molecule has 2 rings (SSSR count). The largest absolute Gasteiger partial charge is 0.388 e. The topological polar surface area (TPSA) is 50.7 Å². The molecule has 0 bridgehead atoms. The summed E-state index contributed by atoms with van der Waals surface area (Å²) in [7, 11) is 0. The van der Waals surface area contributed by atoms with Crippen molar-refractivity contribution in [1.82, 2.24) is 0 Å². The fourth-order valence-corrected chi connectivity index (χ4v) is 2.50. The van der Waals surface area contributed by atoms with E-state index in [2.05, 4.69) is 11.4 Å². The van der Waals surface area contributed by atoms with Crippen molar-refractivity contribution in [2.45, 2.75) is 39.7 Å². The second-order valence-corrected chi connectivity index (χ2v) is 5.06. The third-order valence-corrected chi connectivity index (χ3v) is 3.61. The highest BCUT2D eigenvalue weighted by molar-refractivity contribution is 5.95. The summed E-state index contributed by atoms with van der Waals surface area (Å²) in [4.78, 5) is 0. The van der Waals surface area contributed by atoms with E-state index in [4.69, 9.17) is 9.47 Å². The number of rotatable bonds is 8. The van der Waals surface area contributed by atoms with Crippen LogP contribution in [0.2, 0.25) is 0 Å². The summed E-state index contributed by atoms with van der Waals surface area (Å²) in [5.41, 5.74) is 1.74. The first-order valence-electron chi connectivity index (χ1n) is 7.90. The van der Waals surface area contributed by atoms with Crippen LogP contribution in [0, 0.1) is 0 Å². The second kappa shape index (κ2) is 8.13. The number of fused-ring (bicyclic) bond motifs is 1. The molecule has 0 fully saturated rings. The van der Waals surface area contributed by atoms with Crippen molar-refractivity contribution in [3.8, 4) is 0 Å². The van der Waals surface area contributed by atoms with Gasteiger partial charge in [-0.05, 0) is 25.7 Å². The Kier molecular flexibility index (Phi) is 6.19. The number of benzene rings is 2. The summed E-state index contributed by atoms with van der Waals surface area (Å²) < 4.78 is 11.2. The van der Waals surface area contributed by atoms with Gasteiger partial charge in [0.1, 0.15) is 0 Å². The number of anilines is 1. The highest BCUT2D eigenvalue weighted by Gasteiger charge is 2.17. The molecular weight excluding hydrogens is 278 g/mol. The van der Waals surface area contributed by atoms with E-state index < -0.39 is 12.5 Å². The van der Waals surface area contributed by atoms with E-state index in [9.17, 15) is 5.11 Å². The quantitative estimate of drug-likeness (QED) is 0.722. The second-order valence-electron chi connectivity index (χ2n) is 5.06. The van der Waals surface area contributed by atoms with Crippen LogP contribution in [-0.2, 0) is 9.47 Å². The lowest BCUT2D eigenvalue weighted by Gasteiger charge is -2.24. The predicted octanol–water partition coefficient (Wildman–Crippen LogP) is 4.05. The van der Waals surface area contributed by atoms with E-state index in [1.54, 1.807) is 0 Å². The van der Waals surface area contributed by atoms with Gasteiger partial charge in [-0.15, -0.1) is 0 Å². The average molecular weight is 303 g/mol. The molecule has 0 saturated heterocycles. The minimum atomic E-state index is -0.524. The molecule has 0 amide bonds. The molecule has 0 heterocycles. The van der Waals surface area contributed by atoms with Crippen LogP contribution >= 0.6 is 0 Å². The Morgan fingerprint density at radius 1 is 1.00 bits per heavy atom. The summed E-state index contributed by atoms with van der Waals surface area (Å²) in [6, 6.07) is 12.1. The molecule has 2 aromatic rings. The zero-order chi connectivity index (χ0) is 15.9. The standard InChI is InChI=1S/C18H25NO3/c1-4-16(20)15-12-11-13-9-7-8-10-14(13)17(15)19-18(21-5-2)22-6-3/h7-12,16,18-20H,4-6H2,1-3H3. The fourth-order valence-electron chi connectivity index (χ4n) is 2.50. The highest BCUT2D eigenvalue weighted by Crippen LogP contribution is 2.33. The molecule has 120 valence electrons. The van der Waals surface area contributed by atoms with Crippen molar-refractivity contribution < 1.29 is 14.6 Å². The molecule has 4 heteroatoms. The van der Waals surface area contributed by atoms with E-state index in [1.165, 1.54) is 0 Å². The molecule has 1 unspecified atom stereocenters. The minimum absolute atomic E-state index is 0.518. The van der Waals surface area contributed by atoms with Crippen LogP contribution in [-0.4, -0.2) is 24.7 Å². The third kappa shape index (κ3) is 3.77. The van der Waals surface area contributed by atoms with Gasteiger partial charge in [0.05, 0.1) is 11.8 Å². The molecule has 2 N–H and O–H groups in total. The van der Waals surface area contributed by atoms with Gasteiger partial charge in [-0.1, -0.05) is 43.3 Å². The van der Waals surface area contributed by atoms with Crippen molar-refractivity contribution in [1.29, 1.82) is 0 Å². The minimum Gasteiger partial charge on any atom is -0.388 e. The fraction of sp³-hybridized carbons (Fsp3) is 0.444. The maximum absolute atomic E-state index is 10.3. The lowest BCUT2D eigenvalue weighted by atomic mass is 9.99. The van der Waals surface area contributed by atoms with Crippen molar-refractivity contribution in [2.75, 3.05) is 18.5 Å². The van der Waals surface area contributed by atoms with Crippen LogP contribution < -0.4 is 5.32 Å². The Hall–Kier alpha value is -1.62. The van der Waals surface area contributed by atoms with Gasteiger partial charge in [0.25, 0.3) is 0 Å². The van der Waals surface area contributed by atoms with E-state index >= 15 is 0 Å². The maximum atomic E-state index is 10.3. The average Bonchev–Trinajstić information content (AvgIpc) is 2.55. The molecule has 1 atom stereocenters. The lowest BCUT2D eigenvalue weighted by Crippen LogP contribution is -2.27. The van der Waals surface area contributed by atoms with Crippen molar-refractivity contribution >= 4 is 16.5 Å². The number of aliphatic hydroxyl groups is 1. The summed E-state index contributed by atoms with van der Waals surface area (Å²) in [6.45, 7) is 6.92. The van der Waals surface area contributed by atoms with Crippen molar-refractivity contribution in [2.24, 2.45) is 0 Å². The molecule has 0 radical (unpaired) electrons. The van der Waals surface area contributed by atoms with Crippen LogP contribution in [0.1, 0.15) is 38.9 Å². The Morgan fingerprint density at radius 3 is 2.32 bits per heavy atom. The Morgan fingerprint density at radius 2 is 1.68 bits per heavy atom. The Labute approximate surface area is 132 Å². The summed E-state index contributed by atoms with van der Waals surface area (Å²) in [6.07, 6.45) is -0.388. The summed E-state index contributed by atoms with van der Waals surface area (Å²) >= 11 is 0. The SMILES string of the molecule is CCOC(Nc1c(C(O)CC)ccc2ccccc12)OCC. The van der Waals surface area contributed by atoms with Crippen molar-refractivity contribution in [3.05, 3.63) is 42.0 Å². The van der Waals surface area contributed by atoms with E-state index in [0.29, 0.717) is 19.6 Å². The third-order valence-electron chi connectivity index (χ3n) is 3.61. The van der Waals surface area contributed by atoms with Crippen molar-refractivity contribution in [3.63, 3.8) is 0 Å². The number of hydrogen-bond acceptors (Lipinski definition) is 4. The first-order valence-corrected chi connectivity index (χ1v) is 7.90. The number of hydrogen-bond donors (Lipinski definition) is 2. The molecule has 0 aliphatic carbocycles. The first kappa shape index (κ1) is 16.7. The Balaban J connectivity index is 2.46. The molecule has 0 saturated carbocycles. The van der Waals surface area contributed by atoms with E-state index in [0.717, 1.165) is 22.0 Å². The molecule has 0 spiro atoms. The molecule has 0 aliphatic heterocycles. The number of nitrogens with one attached hydrogen (secondary N) is 1. The van der Waals surface area contributed by atoms with Crippen LogP contribution in [0.15, 0.2) is 36.4 Å². The number of ether oxygens (including phenoxy) is 2. The highest BCUT2D eigenvalue weighted by atomic mass is 16.7. The van der Waals surface area contributed by atoms with Crippen LogP contribution in [0.5, 0.6) is 0 Å². The maximum Gasteiger partial charge on any atom is 0.237 e. The summed E-state index contributed by atoms with van der Waals surface area (Å²) in [5, 5.41) is 15.8. The zero-order valence-corrected chi connectivity index (χ0v) is 13.5. The smallest absolute Gasteiger partial charge is 0.237 e. The zero-order valence-electron chi connectivity index (χ0n) is 13.5. The van der Waals surface area contributed by atoms with E-state index in [1.807, 2.05) is 51.1 Å². The van der Waals surface area contributed by atoms with Gasteiger partial charge in [-0.3, -0.25) is 0 Å². The number of aliphatic hydroxyl groups excluding tert-OH is 1. The molecule has 4 nitrogen and oxygen atoms in total. The predicted molar refractivity (Wildman–Crippen MR) is 89.9 cm³/mol. The van der Waals surface area contributed by atoms with Crippen LogP contribution in [0.3, 0.4) is 0 Å². The molecule has 0 aromatic heterocycles.